The molecule has 0 saturated heterocycles. The number of nitrogens with zero attached hydrogens (tertiary/aromatic N) is 1. The Morgan fingerprint density at radius 2 is 1.53 bits per heavy atom. The van der Waals surface area contributed by atoms with Crippen LogP contribution in [-0.2, 0) is 4.74 Å². The first-order chi connectivity index (χ1) is 16.4. The number of ether oxygens (including phenoxy) is 1. The van der Waals surface area contributed by atoms with Gasteiger partial charge in [0.2, 0.25) is 0 Å². The average molecular weight is 504 g/mol. The second kappa shape index (κ2) is 16.6. The van der Waals surface area contributed by atoms with E-state index in [0.717, 1.165) is 35.9 Å². The Hall–Kier alpha value is -2.03. The molecule has 2 aromatic rings. The maximum atomic E-state index is 6.14. The van der Waals surface area contributed by atoms with Crippen molar-refractivity contribution in [2.75, 3.05) is 6.61 Å². The number of hydrogen-bond donors (Lipinski definition) is 0. The van der Waals surface area contributed by atoms with Crippen LogP contribution < -0.4 is 0 Å². The Balaban J connectivity index is 0.000000400. The Labute approximate surface area is 218 Å². The van der Waals surface area contributed by atoms with Crippen LogP contribution in [0, 0.1) is 11.8 Å². The molecule has 4 rings (SSSR count). The summed E-state index contributed by atoms with van der Waals surface area (Å²) in [6.07, 6.45) is 7.10. The molecule has 3 atom stereocenters. The molecule has 0 saturated carbocycles. The van der Waals surface area contributed by atoms with Crippen molar-refractivity contribution in [3.05, 3.63) is 95.5 Å². The summed E-state index contributed by atoms with van der Waals surface area (Å²) in [6.45, 7) is 18.5. The first-order valence-electron chi connectivity index (χ1n) is 12.3. The van der Waals surface area contributed by atoms with Crippen LogP contribution in [-0.4, -0.2) is 23.1 Å². The van der Waals surface area contributed by atoms with Gasteiger partial charge in [-0.3, -0.25) is 0 Å². The highest BCUT2D eigenvalue weighted by Gasteiger charge is 2.48. The molecule has 2 aliphatic heterocycles. The van der Waals surface area contributed by atoms with Crippen LogP contribution in [0.4, 0.5) is 0 Å². The van der Waals surface area contributed by atoms with Gasteiger partial charge < -0.3 is 4.74 Å². The highest BCUT2D eigenvalue weighted by Crippen LogP contribution is 2.37. The predicted octanol–water partition coefficient (Wildman–Crippen LogP) is 9.39. The normalized spacial score (nSPS) is 20.3. The van der Waals surface area contributed by atoms with E-state index in [4.69, 9.17) is 27.9 Å². The predicted molar refractivity (Wildman–Crippen MR) is 150 cm³/mol. The van der Waals surface area contributed by atoms with Gasteiger partial charge in [-0.25, -0.2) is 0 Å². The van der Waals surface area contributed by atoms with Crippen molar-refractivity contribution in [3.63, 3.8) is 0 Å². The number of rotatable bonds is 4. The lowest BCUT2D eigenvalue weighted by Crippen LogP contribution is -2.39. The summed E-state index contributed by atoms with van der Waals surface area (Å²) in [7, 11) is 0. The summed E-state index contributed by atoms with van der Waals surface area (Å²) in [5, 5.41) is 1.59. The van der Waals surface area contributed by atoms with Crippen LogP contribution >= 0.6 is 23.2 Å². The van der Waals surface area contributed by atoms with Gasteiger partial charge in [0.1, 0.15) is 0 Å². The second-order valence-electron chi connectivity index (χ2n) is 8.44. The van der Waals surface area contributed by atoms with Crippen molar-refractivity contribution < 1.29 is 9.31 Å². The molecule has 0 amide bonds. The zero-order valence-corrected chi connectivity index (χ0v) is 23.0. The van der Waals surface area contributed by atoms with Gasteiger partial charge >= 0.3 is 5.90 Å². The molecule has 0 N–H and O–H groups in total. The highest BCUT2D eigenvalue weighted by atomic mass is 35.5. The lowest BCUT2D eigenvalue weighted by atomic mass is 9.88. The van der Waals surface area contributed by atoms with Gasteiger partial charge in [0.25, 0.3) is 0 Å². The number of benzene rings is 2. The molecule has 34 heavy (non-hydrogen) atoms. The lowest BCUT2D eigenvalue weighted by molar-refractivity contribution is -0.611. The summed E-state index contributed by atoms with van der Waals surface area (Å²) < 4.78 is 8.69. The third-order valence-corrected chi connectivity index (χ3v) is 6.20. The second-order valence-corrected chi connectivity index (χ2v) is 9.31. The maximum Gasteiger partial charge on any atom is 0.340 e. The van der Waals surface area contributed by atoms with E-state index in [1.54, 1.807) is 6.08 Å². The summed E-state index contributed by atoms with van der Waals surface area (Å²) >= 11 is 11.6. The summed E-state index contributed by atoms with van der Waals surface area (Å²) in [5.41, 5.74) is 1.34. The number of halogens is 2. The molecule has 4 heteroatoms. The third kappa shape index (κ3) is 8.96. The Bertz CT molecular complexity index is 874. The standard InChI is InChI=1S/C19H25ClNO.C6H5Cl.C3H6.C2H6/c1-4-5-15-8-11-17(14-6-9-16(20)10-7-14)21-18(13(2)3)12-22-19(15)21;7-6-4-2-1-3-5-6;1-3-2;1-2/h4,6-7,9-10,13,15,17-18H,1,5,8,11-12H2,2-3H3;1-5H;3H,1H2,2H3;1-2H3/q+1;;;. The summed E-state index contributed by atoms with van der Waals surface area (Å²) in [5.74, 6) is 2.25. The van der Waals surface area contributed by atoms with Crippen LogP contribution in [0.3, 0.4) is 0 Å². The number of allylic oxidation sites excluding steroid dienone is 2. The molecular weight excluding hydrogens is 461 g/mol. The maximum absolute atomic E-state index is 6.14. The van der Waals surface area contributed by atoms with Gasteiger partial charge in [0.05, 0.1) is 5.92 Å². The molecule has 2 nitrogen and oxygen atoms in total. The van der Waals surface area contributed by atoms with Crippen LogP contribution in [0.1, 0.15) is 65.5 Å². The zero-order chi connectivity index (χ0) is 25.5. The van der Waals surface area contributed by atoms with Crippen molar-refractivity contribution in [2.24, 2.45) is 11.8 Å². The topological polar surface area (TPSA) is 12.2 Å². The lowest BCUT2D eigenvalue weighted by Gasteiger charge is -2.26. The molecule has 186 valence electrons. The highest BCUT2D eigenvalue weighted by molar-refractivity contribution is 6.30. The molecule has 0 aliphatic carbocycles. The van der Waals surface area contributed by atoms with Gasteiger partial charge in [-0.1, -0.05) is 93.4 Å². The molecule has 0 fully saturated rings. The quantitative estimate of drug-likeness (QED) is 0.299. The Morgan fingerprint density at radius 1 is 0.971 bits per heavy atom. The fourth-order valence-electron chi connectivity index (χ4n) is 4.18. The van der Waals surface area contributed by atoms with Crippen molar-refractivity contribution in [3.8, 4) is 0 Å². The van der Waals surface area contributed by atoms with Gasteiger partial charge in [-0.05, 0) is 44.0 Å². The van der Waals surface area contributed by atoms with Crippen molar-refractivity contribution in [2.45, 2.75) is 66.0 Å². The fraction of sp³-hybridized carbons (Fsp3) is 0.433. The van der Waals surface area contributed by atoms with Gasteiger partial charge in [0.15, 0.2) is 18.7 Å². The van der Waals surface area contributed by atoms with E-state index in [1.165, 1.54) is 11.5 Å². The molecular formula is C30H42Cl2NO+. The molecule has 2 heterocycles. The Morgan fingerprint density at radius 3 is 2.00 bits per heavy atom. The van der Waals surface area contributed by atoms with Gasteiger partial charge in [-0.15, -0.1) is 13.2 Å². The molecule has 0 aromatic heterocycles. The van der Waals surface area contributed by atoms with Crippen LogP contribution in [0.2, 0.25) is 10.0 Å². The monoisotopic (exact) mass is 502 g/mol. The van der Waals surface area contributed by atoms with E-state index < -0.39 is 0 Å². The van der Waals surface area contributed by atoms with E-state index >= 15 is 0 Å². The molecule has 3 unspecified atom stereocenters. The largest absolute Gasteiger partial charge is 0.441 e. The van der Waals surface area contributed by atoms with Crippen molar-refractivity contribution in [1.82, 2.24) is 0 Å². The smallest absolute Gasteiger partial charge is 0.340 e. The van der Waals surface area contributed by atoms with Crippen LogP contribution in [0.25, 0.3) is 0 Å². The summed E-state index contributed by atoms with van der Waals surface area (Å²) in [6, 6.07) is 18.6. The minimum Gasteiger partial charge on any atom is -0.441 e. The SMILES string of the molecule is C=CC.C=CCC1CCC(c2ccc(Cl)cc2)[N+]2=C1OCC2C(C)C.CC.Clc1ccccc1. The van der Waals surface area contributed by atoms with Gasteiger partial charge in [0, 0.05) is 27.9 Å². The van der Waals surface area contributed by atoms with E-state index in [9.17, 15) is 0 Å². The first-order valence-corrected chi connectivity index (χ1v) is 13.1. The Kier molecular flexibility index (Phi) is 14.6. The van der Waals surface area contributed by atoms with Crippen molar-refractivity contribution in [1.29, 1.82) is 0 Å². The third-order valence-electron chi connectivity index (χ3n) is 5.70. The molecule has 2 aromatic carbocycles. The zero-order valence-electron chi connectivity index (χ0n) is 21.5. The van der Waals surface area contributed by atoms with Crippen molar-refractivity contribution >= 4 is 29.1 Å². The fourth-order valence-corrected chi connectivity index (χ4v) is 4.46. The molecule has 0 bridgehead atoms. The van der Waals surface area contributed by atoms with Crippen LogP contribution in [0.5, 0.6) is 0 Å². The number of hydrogen-bond acceptors (Lipinski definition) is 1. The van der Waals surface area contributed by atoms with E-state index in [1.807, 2.05) is 69.3 Å². The molecule has 2 aliphatic rings. The minimum atomic E-state index is 0.406. The van der Waals surface area contributed by atoms with Crippen LogP contribution in [0.15, 0.2) is 79.9 Å². The van der Waals surface area contributed by atoms with E-state index in [2.05, 4.69) is 43.7 Å². The minimum absolute atomic E-state index is 0.406. The van der Waals surface area contributed by atoms with E-state index in [0.29, 0.717) is 23.9 Å². The molecule has 0 spiro atoms. The first kappa shape index (κ1) is 30.0. The summed E-state index contributed by atoms with van der Waals surface area (Å²) in [4.78, 5) is 0. The van der Waals surface area contributed by atoms with E-state index in [-0.39, 0.29) is 0 Å². The average Bonchev–Trinajstić information content (AvgIpc) is 3.29. The molecule has 0 radical (unpaired) electrons. The van der Waals surface area contributed by atoms with Gasteiger partial charge in [-0.2, -0.15) is 4.58 Å².